The Balaban J connectivity index is 2.21. The van der Waals surface area contributed by atoms with Gasteiger partial charge in [-0.2, -0.15) is 0 Å². The molecule has 1 aliphatic carbocycles. The molecule has 0 atom stereocenters. The lowest BCUT2D eigenvalue weighted by Gasteiger charge is -2.01. The van der Waals surface area contributed by atoms with E-state index in [-0.39, 0.29) is 12.4 Å². The van der Waals surface area contributed by atoms with E-state index in [0.717, 1.165) is 24.0 Å². The van der Waals surface area contributed by atoms with Crippen LogP contribution >= 0.6 is 0 Å². The maximum Gasteiger partial charge on any atom is 0.123 e. The van der Waals surface area contributed by atoms with Gasteiger partial charge in [0.15, 0.2) is 0 Å². The number of hydrogen-bond acceptors (Lipinski definition) is 1. The molecule has 74 valence electrons. The summed E-state index contributed by atoms with van der Waals surface area (Å²) in [7, 11) is 0. The Bertz CT molecular complexity index is 353. The molecule has 2 heteroatoms. The third kappa shape index (κ3) is 2.20. The van der Waals surface area contributed by atoms with Crippen molar-refractivity contribution < 1.29 is 9.50 Å². The van der Waals surface area contributed by atoms with Gasteiger partial charge in [-0.3, -0.25) is 0 Å². The van der Waals surface area contributed by atoms with Crippen molar-refractivity contribution in [2.45, 2.75) is 12.8 Å². The molecule has 0 saturated heterocycles. The lowest BCUT2D eigenvalue weighted by molar-refractivity contribution is 0.326. The van der Waals surface area contributed by atoms with E-state index in [1.807, 2.05) is 12.1 Å². The van der Waals surface area contributed by atoms with Crippen molar-refractivity contribution in [2.24, 2.45) is 5.92 Å². The van der Waals surface area contributed by atoms with Gasteiger partial charge in [0.1, 0.15) is 5.82 Å². The monoisotopic (exact) mass is 192 g/mol. The lowest BCUT2D eigenvalue weighted by atomic mass is 10.1. The van der Waals surface area contributed by atoms with Gasteiger partial charge in [0, 0.05) is 0 Å². The summed E-state index contributed by atoms with van der Waals surface area (Å²) in [6, 6.07) is 6.44. The van der Waals surface area contributed by atoms with Crippen molar-refractivity contribution in [1.29, 1.82) is 0 Å². The molecule has 0 radical (unpaired) electrons. The number of rotatable bonds is 3. The van der Waals surface area contributed by atoms with Crippen LogP contribution < -0.4 is 0 Å². The van der Waals surface area contributed by atoms with Crippen LogP contribution in [0.1, 0.15) is 18.4 Å². The third-order valence-corrected chi connectivity index (χ3v) is 2.49. The van der Waals surface area contributed by atoms with Crippen LogP contribution in [0.25, 0.3) is 6.08 Å². The summed E-state index contributed by atoms with van der Waals surface area (Å²) in [5.74, 6) is 0.301. The lowest BCUT2D eigenvalue weighted by Crippen LogP contribution is -1.92. The molecular formula is C12H13FO. The molecule has 1 saturated carbocycles. The van der Waals surface area contributed by atoms with Crippen LogP contribution in [-0.2, 0) is 0 Å². The highest BCUT2D eigenvalue weighted by Gasteiger charge is 2.24. The highest BCUT2D eigenvalue weighted by molar-refractivity contribution is 5.54. The van der Waals surface area contributed by atoms with Gasteiger partial charge in [0.2, 0.25) is 0 Å². The number of aliphatic hydroxyl groups is 1. The summed E-state index contributed by atoms with van der Waals surface area (Å²) in [6.45, 7) is 0.0845. The molecule has 1 aromatic carbocycles. The summed E-state index contributed by atoms with van der Waals surface area (Å²) < 4.78 is 12.8. The second-order valence-corrected chi connectivity index (χ2v) is 3.71. The Morgan fingerprint density at radius 2 is 2.29 bits per heavy atom. The van der Waals surface area contributed by atoms with Crippen LogP contribution in [0.2, 0.25) is 0 Å². The van der Waals surface area contributed by atoms with E-state index in [4.69, 9.17) is 5.11 Å². The SMILES string of the molecule is OC/C(=C\c1cccc(F)c1)C1CC1. The summed E-state index contributed by atoms with van der Waals surface area (Å²) in [5, 5.41) is 9.11. The largest absolute Gasteiger partial charge is 0.392 e. The Morgan fingerprint density at radius 3 is 2.86 bits per heavy atom. The van der Waals surface area contributed by atoms with Gasteiger partial charge < -0.3 is 5.11 Å². The molecule has 1 aliphatic rings. The zero-order chi connectivity index (χ0) is 9.97. The van der Waals surface area contributed by atoms with Gasteiger partial charge in [-0.25, -0.2) is 4.39 Å². The van der Waals surface area contributed by atoms with Crippen LogP contribution in [0, 0.1) is 11.7 Å². The summed E-state index contributed by atoms with van der Waals surface area (Å²) >= 11 is 0. The van der Waals surface area contributed by atoms with Crippen LogP contribution in [0.3, 0.4) is 0 Å². The minimum atomic E-state index is -0.230. The zero-order valence-corrected chi connectivity index (χ0v) is 7.91. The molecule has 0 heterocycles. The van der Waals surface area contributed by atoms with E-state index in [9.17, 15) is 4.39 Å². The standard InChI is InChI=1S/C12H13FO/c13-12-3-1-2-9(7-12)6-11(8-14)10-4-5-10/h1-3,6-7,10,14H,4-5,8H2/b11-6+. The Hall–Kier alpha value is -1.15. The maximum atomic E-state index is 12.8. The van der Waals surface area contributed by atoms with Crippen LogP contribution in [0.4, 0.5) is 4.39 Å². The predicted molar refractivity (Wildman–Crippen MR) is 54.2 cm³/mol. The van der Waals surface area contributed by atoms with Crippen molar-refractivity contribution >= 4 is 6.08 Å². The van der Waals surface area contributed by atoms with E-state index in [1.54, 1.807) is 6.07 Å². The Kier molecular flexibility index (Phi) is 2.64. The second kappa shape index (κ2) is 3.93. The first-order valence-corrected chi connectivity index (χ1v) is 4.86. The zero-order valence-electron chi connectivity index (χ0n) is 7.91. The number of halogens is 1. The topological polar surface area (TPSA) is 20.2 Å². The molecule has 1 nitrogen and oxygen atoms in total. The fraction of sp³-hybridized carbons (Fsp3) is 0.333. The normalized spacial score (nSPS) is 17.1. The first kappa shape index (κ1) is 9.41. The molecule has 0 aliphatic heterocycles. The fourth-order valence-electron chi connectivity index (χ4n) is 1.56. The smallest absolute Gasteiger partial charge is 0.123 e. The molecule has 1 fully saturated rings. The van der Waals surface area contributed by atoms with Crippen molar-refractivity contribution in [2.75, 3.05) is 6.61 Å². The molecule has 0 bridgehead atoms. The fourth-order valence-corrected chi connectivity index (χ4v) is 1.56. The molecule has 0 amide bonds. The minimum absolute atomic E-state index is 0.0845. The van der Waals surface area contributed by atoms with Crippen LogP contribution in [-0.4, -0.2) is 11.7 Å². The highest BCUT2D eigenvalue weighted by atomic mass is 19.1. The molecule has 0 unspecified atom stereocenters. The first-order chi connectivity index (χ1) is 6.79. The number of hydrogen-bond donors (Lipinski definition) is 1. The van der Waals surface area contributed by atoms with Gasteiger partial charge >= 0.3 is 0 Å². The van der Waals surface area contributed by atoms with E-state index in [2.05, 4.69) is 0 Å². The molecule has 1 aromatic rings. The van der Waals surface area contributed by atoms with Crippen molar-refractivity contribution in [3.05, 3.63) is 41.2 Å². The summed E-state index contributed by atoms with van der Waals surface area (Å²) in [6.07, 6.45) is 4.20. The third-order valence-electron chi connectivity index (χ3n) is 2.49. The quantitative estimate of drug-likeness (QED) is 0.780. The van der Waals surface area contributed by atoms with Crippen LogP contribution in [0.15, 0.2) is 29.8 Å². The van der Waals surface area contributed by atoms with Crippen molar-refractivity contribution in [1.82, 2.24) is 0 Å². The van der Waals surface area contributed by atoms with Gasteiger partial charge in [-0.1, -0.05) is 18.2 Å². The number of aliphatic hydroxyl groups excluding tert-OH is 1. The summed E-state index contributed by atoms with van der Waals surface area (Å²) in [5.41, 5.74) is 1.86. The molecule has 0 aromatic heterocycles. The van der Waals surface area contributed by atoms with E-state index in [1.165, 1.54) is 12.1 Å². The summed E-state index contributed by atoms with van der Waals surface area (Å²) in [4.78, 5) is 0. The second-order valence-electron chi connectivity index (χ2n) is 3.71. The van der Waals surface area contributed by atoms with E-state index in [0.29, 0.717) is 5.92 Å². The average Bonchev–Trinajstić information content (AvgIpc) is 2.97. The number of benzene rings is 1. The van der Waals surface area contributed by atoms with Gasteiger partial charge in [-0.15, -0.1) is 0 Å². The van der Waals surface area contributed by atoms with Crippen molar-refractivity contribution in [3.8, 4) is 0 Å². The maximum absolute atomic E-state index is 12.8. The van der Waals surface area contributed by atoms with Gasteiger partial charge in [0.05, 0.1) is 6.61 Å². The molecular weight excluding hydrogens is 179 g/mol. The van der Waals surface area contributed by atoms with E-state index >= 15 is 0 Å². The van der Waals surface area contributed by atoms with Gasteiger partial charge in [-0.05, 0) is 42.0 Å². The first-order valence-electron chi connectivity index (χ1n) is 4.86. The molecule has 0 spiro atoms. The van der Waals surface area contributed by atoms with Gasteiger partial charge in [0.25, 0.3) is 0 Å². The highest BCUT2D eigenvalue weighted by Crippen LogP contribution is 2.37. The molecule has 14 heavy (non-hydrogen) atoms. The average molecular weight is 192 g/mol. The Morgan fingerprint density at radius 1 is 1.50 bits per heavy atom. The molecule has 2 rings (SSSR count). The van der Waals surface area contributed by atoms with Crippen molar-refractivity contribution in [3.63, 3.8) is 0 Å². The van der Waals surface area contributed by atoms with Crippen LogP contribution in [0.5, 0.6) is 0 Å². The Labute approximate surface area is 82.9 Å². The minimum Gasteiger partial charge on any atom is -0.392 e. The molecule has 1 N–H and O–H groups in total. The predicted octanol–water partition coefficient (Wildman–Crippen LogP) is 2.61. The van der Waals surface area contributed by atoms with E-state index < -0.39 is 0 Å².